The highest BCUT2D eigenvalue weighted by molar-refractivity contribution is 7.09. The fourth-order valence-electron chi connectivity index (χ4n) is 3.46. The second kappa shape index (κ2) is 9.96. The molecule has 7 nitrogen and oxygen atoms in total. The summed E-state index contributed by atoms with van der Waals surface area (Å²) in [7, 11) is 0. The van der Waals surface area contributed by atoms with E-state index < -0.39 is 5.97 Å². The number of aromatic nitrogens is 3. The zero-order chi connectivity index (χ0) is 24.2. The fourth-order valence-corrected chi connectivity index (χ4v) is 4.24. The highest BCUT2D eigenvalue weighted by Gasteiger charge is 2.21. The number of aryl methyl sites for hydroxylation is 2. The largest absolute Gasteiger partial charge is 0.455 e. The van der Waals surface area contributed by atoms with Crippen LogP contribution in [-0.4, -0.2) is 26.6 Å². The van der Waals surface area contributed by atoms with E-state index in [1.165, 1.54) is 23.5 Å². The van der Waals surface area contributed by atoms with Crippen molar-refractivity contribution in [2.24, 2.45) is 0 Å². The Balaban J connectivity index is 1.36. The lowest BCUT2D eigenvalue weighted by molar-refractivity contribution is -0.115. The Kier molecular flexibility index (Phi) is 6.83. The molecule has 2 heterocycles. The van der Waals surface area contributed by atoms with Crippen LogP contribution in [0.5, 0.6) is 0 Å². The van der Waals surface area contributed by atoms with Crippen LogP contribution in [0, 0.1) is 26.6 Å². The van der Waals surface area contributed by atoms with E-state index in [2.05, 4.69) is 15.4 Å². The number of amides is 1. The first-order valence-electron chi connectivity index (χ1n) is 10.6. The Morgan fingerprint density at radius 3 is 2.47 bits per heavy atom. The van der Waals surface area contributed by atoms with Gasteiger partial charge in [0, 0.05) is 11.1 Å². The number of anilines is 1. The van der Waals surface area contributed by atoms with Gasteiger partial charge in [0.1, 0.15) is 23.0 Å². The lowest BCUT2D eigenvalue weighted by Gasteiger charge is -2.06. The van der Waals surface area contributed by atoms with Gasteiger partial charge in [0.05, 0.1) is 29.2 Å². The maximum Gasteiger partial charge on any atom is 0.342 e. The van der Waals surface area contributed by atoms with E-state index in [9.17, 15) is 14.0 Å². The van der Waals surface area contributed by atoms with E-state index >= 15 is 0 Å². The number of rotatable bonds is 7. The summed E-state index contributed by atoms with van der Waals surface area (Å²) in [5, 5.41) is 9.64. The van der Waals surface area contributed by atoms with Crippen molar-refractivity contribution in [3.8, 4) is 5.69 Å². The monoisotopic (exact) mass is 478 g/mol. The smallest absolute Gasteiger partial charge is 0.342 e. The van der Waals surface area contributed by atoms with E-state index in [4.69, 9.17) is 4.74 Å². The average Bonchev–Trinajstić information content (AvgIpc) is 3.37. The van der Waals surface area contributed by atoms with Crippen LogP contribution < -0.4 is 5.32 Å². The summed E-state index contributed by atoms with van der Waals surface area (Å²) < 4.78 is 20.3. The van der Waals surface area contributed by atoms with E-state index in [1.807, 2.05) is 31.2 Å². The number of nitrogens with zero attached hydrogens (tertiary/aromatic N) is 3. The molecule has 34 heavy (non-hydrogen) atoms. The topological polar surface area (TPSA) is 86.1 Å². The predicted molar refractivity (Wildman–Crippen MR) is 128 cm³/mol. The molecule has 4 rings (SSSR count). The molecular weight excluding hydrogens is 455 g/mol. The van der Waals surface area contributed by atoms with Crippen molar-refractivity contribution in [2.45, 2.75) is 33.8 Å². The van der Waals surface area contributed by atoms with Crippen molar-refractivity contribution in [1.29, 1.82) is 0 Å². The van der Waals surface area contributed by atoms with E-state index in [0.717, 1.165) is 11.3 Å². The lowest BCUT2D eigenvalue weighted by Crippen LogP contribution is -2.14. The van der Waals surface area contributed by atoms with Gasteiger partial charge in [0.25, 0.3) is 0 Å². The minimum absolute atomic E-state index is 0.0183. The molecule has 0 saturated carbocycles. The summed E-state index contributed by atoms with van der Waals surface area (Å²) in [5.74, 6) is -1.03. The van der Waals surface area contributed by atoms with Crippen molar-refractivity contribution < 1.29 is 18.7 Å². The number of halogens is 1. The first kappa shape index (κ1) is 23.3. The third-order valence-corrected chi connectivity index (χ3v) is 6.06. The van der Waals surface area contributed by atoms with Crippen LogP contribution in [0.1, 0.15) is 38.0 Å². The Morgan fingerprint density at radius 2 is 1.76 bits per heavy atom. The maximum atomic E-state index is 13.2. The molecule has 0 unspecified atom stereocenters. The standard InChI is InChI=1S/C25H23FN4O3S/c1-15-4-8-19(9-5-15)27-22(31)12-23-28-20(14-34-23)13-33-25(32)24-16(2)29-30(17(24)3)21-10-6-18(26)7-11-21/h4-11,14H,12-13H2,1-3H3,(H,27,31). The number of carbonyl (C=O) groups is 2. The normalized spacial score (nSPS) is 10.8. The maximum absolute atomic E-state index is 13.2. The summed E-state index contributed by atoms with van der Waals surface area (Å²) >= 11 is 1.34. The number of esters is 1. The Bertz CT molecular complexity index is 1330. The van der Waals surface area contributed by atoms with Crippen molar-refractivity contribution in [1.82, 2.24) is 14.8 Å². The van der Waals surface area contributed by atoms with Gasteiger partial charge in [-0.25, -0.2) is 18.9 Å². The number of hydrogen-bond acceptors (Lipinski definition) is 6. The third kappa shape index (κ3) is 5.37. The molecule has 0 radical (unpaired) electrons. The summed E-state index contributed by atoms with van der Waals surface area (Å²) in [6.07, 6.45) is 0.134. The molecule has 0 aliphatic heterocycles. The van der Waals surface area contributed by atoms with Crippen LogP contribution in [0.15, 0.2) is 53.9 Å². The number of thiazole rings is 1. The minimum Gasteiger partial charge on any atom is -0.455 e. The van der Waals surface area contributed by atoms with Gasteiger partial charge in [-0.1, -0.05) is 17.7 Å². The van der Waals surface area contributed by atoms with Gasteiger partial charge in [-0.2, -0.15) is 5.10 Å². The number of carbonyl (C=O) groups excluding carboxylic acids is 2. The van der Waals surface area contributed by atoms with Crippen LogP contribution in [0.25, 0.3) is 5.69 Å². The first-order valence-corrected chi connectivity index (χ1v) is 11.5. The van der Waals surface area contributed by atoms with Gasteiger partial charge < -0.3 is 10.1 Å². The second-order valence-electron chi connectivity index (χ2n) is 7.83. The quantitative estimate of drug-likeness (QED) is 0.381. The Morgan fingerprint density at radius 1 is 1.06 bits per heavy atom. The number of benzene rings is 2. The summed E-state index contributed by atoms with van der Waals surface area (Å²) in [6, 6.07) is 13.4. The molecular formula is C25H23FN4O3S. The van der Waals surface area contributed by atoms with Crippen LogP contribution in [-0.2, 0) is 22.6 Å². The highest BCUT2D eigenvalue weighted by atomic mass is 32.1. The van der Waals surface area contributed by atoms with E-state index in [-0.39, 0.29) is 24.8 Å². The van der Waals surface area contributed by atoms with Crippen LogP contribution in [0.3, 0.4) is 0 Å². The molecule has 174 valence electrons. The zero-order valence-electron chi connectivity index (χ0n) is 19.0. The van der Waals surface area contributed by atoms with Crippen LogP contribution >= 0.6 is 11.3 Å². The molecule has 2 aromatic heterocycles. The third-order valence-electron chi connectivity index (χ3n) is 5.16. The molecule has 0 saturated heterocycles. The molecule has 0 aliphatic carbocycles. The van der Waals surface area contributed by atoms with Gasteiger partial charge in [-0.3, -0.25) is 4.79 Å². The molecule has 0 bridgehead atoms. The number of hydrogen-bond donors (Lipinski definition) is 1. The second-order valence-corrected chi connectivity index (χ2v) is 8.78. The Hall–Kier alpha value is -3.85. The SMILES string of the molecule is Cc1ccc(NC(=O)Cc2nc(COC(=O)c3c(C)nn(-c4ccc(F)cc4)c3C)cs2)cc1. The predicted octanol–water partition coefficient (Wildman–Crippen LogP) is 4.93. The summed E-state index contributed by atoms with van der Waals surface area (Å²) in [5.41, 5.74) is 4.53. The van der Waals surface area contributed by atoms with Gasteiger partial charge in [-0.05, 0) is 57.2 Å². The van der Waals surface area contributed by atoms with Gasteiger partial charge in [-0.15, -0.1) is 11.3 Å². The molecule has 0 fully saturated rings. The van der Waals surface area contributed by atoms with E-state index in [1.54, 1.807) is 36.0 Å². The van der Waals surface area contributed by atoms with Gasteiger partial charge in [0.2, 0.25) is 5.91 Å². The highest BCUT2D eigenvalue weighted by Crippen LogP contribution is 2.20. The number of nitrogens with one attached hydrogen (secondary N) is 1. The zero-order valence-corrected chi connectivity index (χ0v) is 19.8. The van der Waals surface area contributed by atoms with Gasteiger partial charge in [0.15, 0.2) is 0 Å². The van der Waals surface area contributed by atoms with Crippen molar-refractivity contribution in [3.05, 3.63) is 92.9 Å². The van der Waals surface area contributed by atoms with Crippen molar-refractivity contribution in [2.75, 3.05) is 5.32 Å². The Labute approximate surface area is 200 Å². The molecule has 2 aromatic carbocycles. The first-order chi connectivity index (χ1) is 16.3. The van der Waals surface area contributed by atoms with Crippen LogP contribution in [0.2, 0.25) is 0 Å². The van der Waals surface area contributed by atoms with Crippen LogP contribution in [0.4, 0.5) is 10.1 Å². The molecule has 0 atom stereocenters. The van der Waals surface area contributed by atoms with Crippen molar-refractivity contribution in [3.63, 3.8) is 0 Å². The fraction of sp³-hybridized carbons (Fsp3) is 0.200. The van der Waals surface area contributed by atoms with E-state index in [0.29, 0.717) is 33.3 Å². The molecule has 0 spiro atoms. The lowest BCUT2D eigenvalue weighted by atomic mass is 10.2. The molecule has 9 heteroatoms. The molecule has 1 amide bonds. The molecule has 1 N–H and O–H groups in total. The summed E-state index contributed by atoms with van der Waals surface area (Å²) in [4.78, 5) is 29.4. The molecule has 4 aromatic rings. The summed E-state index contributed by atoms with van der Waals surface area (Å²) in [6.45, 7) is 5.44. The van der Waals surface area contributed by atoms with Crippen molar-refractivity contribution >= 4 is 28.9 Å². The molecule has 0 aliphatic rings. The van der Waals surface area contributed by atoms with Gasteiger partial charge >= 0.3 is 5.97 Å². The minimum atomic E-state index is -0.518. The number of ether oxygens (including phenoxy) is 1. The average molecular weight is 479 g/mol.